The molecule has 2 aromatic carbocycles. The number of hydrogen-bond donors (Lipinski definition) is 3. The number of fused-ring (bicyclic) bond motifs is 1. The molecule has 6 heteroatoms. The van der Waals surface area contributed by atoms with Gasteiger partial charge in [-0.05, 0) is 35.4 Å². The monoisotopic (exact) mass is 273 g/mol. The number of nitrogen functional groups attached to an aromatic ring is 1. The number of hydrazine groups is 1. The van der Waals surface area contributed by atoms with E-state index in [4.69, 9.17) is 25.9 Å². The van der Waals surface area contributed by atoms with Gasteiger partial charge in [-0.3, -0.25) is 0 Å². The summed E-state index contributed by atoms with van der Waals surface area (Å²) in [7, 11) is 0. The van der Waals surface area contributed by atoms with Crippen LogP contribution in [0.15, 0.2) is 36.4 Å². The van der Waals surface area contributed by atoms with Gasteiger partial charge in [0.15, 0.2) is 11.5 Å². The van der Waals surface area contributed by atoms with Crippen molar-refractivity contribution in [3.05, 3.63) is 36.4 Å². The van der Waals surface area contributed by atoms with Gasteiger partial charge in [-0.1, -0.05) is 17.7 Å². The Labute approximate surface area is 116 Å². The average molecular weight is 273 g/mol. The number of benzene rings is 2. The van der Waals surface area contributed by atoms with Crippen molar-refractivity contribution in [2.45, 2.75) is 0 Å². The predicted molar refractivity (Wildman–Crippen MR) is 75.2 cm³/mol. The molecule has 1 heterocycles. The van der Waals surface area contributed by atoms with Gasteiger partial charge in [0.25, 0.3) is 0 Å². The van der Waals surface area contributed by atoms with Crippen LogP contribution in [-0.2, 0) is 0 Å². The molecular formula is C14H15N3O3. The molecule has 0 saturated carbocycles. The number of nitrogens with one attached hydrogen (secondary N) is 1. The second-order valence-corrected chi connectivity index (χ2v) is 4.34. The van der Waals surface area contributed by atoms with Crippen molar-refractivity contribution in [1.29, 1.82) is 0 Å². The van der Waals surface area contributed by atoms with Gasteiger partial charge in [0.2, 0.25) is 5.75 Å². The summed E-state index contributed by atoms with van der Waals surface area (Å²) in [5, 5.41) is 0. The minimum atomic E-state index is 0.474. The summed E-state index contributed by atoms with van der Waals surface area (Å²) in [4.78, 5) is 5.19. The highest BCUT2D eigenvalue weighted by Gasteiger charge is 2.19. The third-order valence-corrected chi connectivity index (χ3v) is 3.00. The Morgan fingerprint density at radius 3 is 2.70 bits per heavy atom. The maximum absolute atomic E-state index is 5.81. The molecule has 2 aromatic rings. The molecule has 6 nitrogen and oxygen atoms in total. The van der Waals surface area contributed by atoms with E-state index in [9.17, 15) is 0 Å². The first kappa shape index (κ1) is 12.6. The first-order valence-corrected chi connectivity index (χ1v) is 6.20. The van der Waals surface area contributed by atoms with E-state index in [1.807, 2.05) is 36.4 Å². The van der Waals surface area contributed by atoms with Crippen LogP contribution in [0.25, 0.3) is 11.1 Å². The minimum Gasteiger partial charge on any atom is -0.486 e. The third-order valence-electron chi connectivity index (χ3n) is 3.00. The van der Waals surface area contributed by atoms with Crippen molar-refractivity contribution in [1.82, 2.24) is 5.59 Å². The second-order valence-electron chi connectivity index (χ2n) is 4.34. The molecule has 0 atom stereocenters. The van der Waals surface area contributed by atoms with Crippen LogP contribution >= 0.6 is 0 Å². The highest BCUT2D eigenvalue weighted by atomic mass is 16.7. The smallest absolute Gasteiger partial charge is 0.206 e. The molecule has 1 aliphatic heterocycles. The van der Waals surface area contributed by atoms with E-state index in [1.54, 1.807) is 0 Å². The quantitative estimate of drug-likeness (QED) is 0.445. The van der Waals surface area contributed by atoms with Gasteiger partial charge < -0.3 is 20.0 Å². The lowest BCUT2D eigenvalue weighted by Gasteiger charge is -2.21. The van der Waals surface area contributed by atoms with Crippen molar-refractivity contribution in [2.75, 3.05) is 18.9 Å². The van der Waals surface area contributed by atoms with Crippen LogP contribution in [0, 0.1) is 0 Å². The number of nitrogens with two attached hydrogens (primary N) is 2. The summed E-state index contributed by atoms with van der Waals surface area (Å²) in [6, 6.07) is 11.3. The van der Waals surface area contributed by atoms with Crippen molar-refractivity contribution < 1.29 is 14.3 Å². The summed E-state index contributed by atoms with van der Waals surface area (Å²) in [5.41, 5.74) is 10.5. The Morgan fingerprint density at radius 2 is 1.90 bits per heavy atom. The summed E-state index contributed by atoms with van der Waals surface area (Å²) in [6.45, 7) is 0.981. The van der Waals surface area contributed by atoms with Crippen LogP contribution in [0.3, 0.4) is 0 Å². The van der Waals surface area contributed by atoms with Crippen LogP contribution in [0.2, 0.25) is 0 Å². The summed E-state index contributed by atoms with van der Waals surface area (Å²) in [6.07, 6.45) is 0. The number of anilines is 1. The van der Waals surface area contributed by atoms with Gasteiger partial charge in [-0.2, -0.15) is 0 Å². The number of hydrogen-bond acceptors (Lipinski definition) is 6. The van der Waals surface area contributed by atoms with E-state index in [-0.39, 0.29) is 0 Å². The molecule has 0 aromatic heterocycles. The van der Waals surface area contributed by atoms with E-state index in [2.05, 4.69) is 5.59 Å². The van der Waals surface area contributed by atoms with Crippen LogP contribution < -0.4 is 31.5 Å². The van der Waals surface area contributed by atoms with E-state index in [1.165, 1.54) is 0 Å². The van der Waals surface area contributed by atoms with Crippen molar-refractivity contribution in [3.8, 4) is 28.4 Å². The van der Waals surface area contributed by atoms with Gasteiger partial charge in [0.1, 0.15) is 13.2 Å². The van der Waals surface area contributed by atoms with E-state index >= 15 is 0 Å². The van der Waals surface area contributed by atoms with Crippen LogP contribution in [-0.4, -0.2) is 13.2 Å². The molecular weight excluding hydrogens is 258 g/mol. The second kappa shape index (κ2) is 5.28. The van der Waals surface area contributed by atoms with Gasteiger partial charge >= 0.3 is 0 Å². The Kier molecular flexibility index (Phi) is 3.32. The Hall–Kier alpha value is -2.44. The Morgan fingerprint density at radius 1 is 1.05 bits per heavy atom. The first-order chi connectivity index (χ1) is 9.78. The van der Waals surface area contributed by atoms with Crippen LogP contribution in [0.5, 0.6) is 17.2 Å². The molecule has 0 saturated heterocycles. The molecule has 20 heavy (non-hydrogen) atoms. The number of ether oxygens (including phenoxy) is 2. The molecule has 0 bridgehead atoms. The lowest BCUT2D eigenvalue weighted by Crippen LogP contribution is -2.27. The maximum Gasteiger partial charge on any atom is 0.206 e. The standard InChI is InChI=1S/C14H15N3O3/c15-11-3-1-2-9(6-11)10-7-12-14(19-5-4-18-12)13(8-10)20-17-16/h1-3,6-8,17H,4-5,15-16H2. The summed E-state index contributed by atoms with van der Waals surface area (Å²) in [5.74, 6) is 6.86. The molecule has 0 radical (unpaired) electrons. The molecule has 3 rings (SSSR count). The van der Waals surface area contributed by atoms with E-state index in [0.717, 1.165) is 11.1 Å². The third kappa shape index (κ3) is 2.34. The van der Waals surface area contributed by atoms with Gasteiger partial charge in [-0.25, -0.2) is 5.84 Å². The fourth-order valence-electron chi connectivity index (χ4n) is 2.15. The molecule has 0 fully saturated rings. The van der Waals surface area contributed by atoms with E-state index in [0.29, 0.717) is 36.1 Å². The normalized spacial score (nSPS) is 13.1. The summed E-state index contributed by atoms with van der Waals surface area (Å²) >= 11 is 0. The molecule has 0 aliphatic carbocycles. The fraction of sp³-hybridized carbons (Fsp3) is 0.143. The highest BCUT2D eigenvalue weighted by molar-refractivity contribution is 5.73. The maximum atomic E-state index is 5.81. The Balaban J connectivity index is 2.10. The van der Waals surface area contributed by atoms with Crippen molar-refractivity contribution >= 4 is 5.69 Å². The van der Waals surface area contributed by atoms with Gasteiger partial charge in [-0.15, -0.1) is 0 Å². The zero-order valence-electron chi connectivity index (χ0n) is 10.8. The zero-order valence-corrected chi connectivity index (χ0v) is 10.8. The topological polar surface area (TPSA) is 91.8 Å². The molecule has 1 aliphatic rings. The Bertz CT molecular complexity index is 631. The lowest BCUT2D eigenvalue weighted by atomic mass is 10.0. The van der Waals surface area contributed by atoms with Crippen molar-refractivity contribution in [3.63, 3.8) is 0 Å². The largest absolute Gasteiger partial charge is 0.486 e. The van der Waals surface area contributed by atoms with Gasteiger partial charge in [0, 0.05) is 5.69 Å². The van der Waals surface area contributed by atoms with Crippen LogP contribution in [0.4, 0.5) is 5.69 Å². The minimum absolute atomic E-state index is 0.474. The molecule has 0 spiro atoms. The molecule has 104 valence electrons. The average Bonchev–Trinajstić information content (AvgIpc) is 2.47. The first-order valence-electron chi connectivity index (χ1n) is 6.20. The van der Waals surface area contributed by atoms with Crippen molar-refractivity contribution in [2.24, 2.45) is 5.84 Å². The predicted octanol–water partition coefficient (Wildman–Crippen LogP) is 1.46. The molecule has 5 N–H and O–H groups in total. The molecule has 0 unspecified atom stereocenters. The summed E-state index contributed by atoms with van der Waals surface area (Å²) < 4.78 is 11.1. The molecule has 0 amide bonds. The number of rotatable bonds is 3. The van der Waals surface area contributed by atoms with Crippen LogP contribution in [0.1, 0.15) is 0 Å². The highest BCUT2D eigenvalue weighted by Crippen LogP contribution is 2.42. The SMILES string of the molecule is NNOc1cc(-c2cccc(N)c2)cc2c1OCCO2. The lowest BCUT2D eigenvalue weighted by molar-refractivity contribution is 0.145. The fourth-order valence-corrected chi connectivity index (χ4v) is 2.15. The van der Waals surface area contributed by atoms with E-state index < -0.39 is 0 Å². The van der Waals surface area contributed by atoms with Gasteiger partial charge in [0.05, 0.1) is 0 Å². The zero-order chi connectivity index (χ0) is 13.9.